The highest BCUT2D eigenvalue weighted by molar-refractivity contribution is 7.92. The zero-order chi connectivity index (χ0) is 15.9. The van der Waals surface area contributed by atoms with Crippen LogP contribution in [0.3, 0.4) is 0 Å². The van der Waals surface area contributed by atoms with Crippen molar-refractivity contribution in [3.05, 3.63) is 48.0 Å². The predicted octanol–water partition coefficient (Wildman–Crippen LogP) is 2.68. The van der Waals surface area contributed by atoms with Crippen molar-refractivity contribution in [3.8, 4) is 5.75 Å². The summed E-state index contributed by atoms with van der Waals surface area (Å²) in [6, 6.07) is 10.7. The molecule has 2 aromatic heterocycles. The summed E-state index contributed by atoms with van der Waals surface area (Å²) in [5.41, 5.74) is 0.641. The summed E-state index contributed by atoms with van der Waals surface area (Å²) in [6.45, 7) is 1.78. The van der Waals surface area contributed by atoms with Gasteiger partial charge in [0, 0.05) is 18.1 Å². The fourth-order valence-corrected chi connectivity index (χ4v) is 5.27. The number of nitrogens with zero attached hydrogens (tertiary/aromatic N) is 1. The van der Waals surface area contributed by atoms with Gasteiger partial charge in [-0.3, -0.25) is 0 Å². The van der Waals surface area contributed by atoms with E-state index in [4.69, 9.17) is 4.74 Å². The number of ether oxygens (including phenoxy) is 1. The van der Waals surface area contributed by atoms with Crippen LogP contribution >= 0.6 is 11.3 Å². The molecule has 1 aromatic carbocycles. The Balaban J connectivity index is 1.78. The number of benzene rings is 1. The summed E-state index contributed by atoms with van der Waals surface area (Å²) >= 11 is 1.22. The number of fused-ring (bicyclic) bond motifs is 1. The third-order valence-electron chi connectivity index (χ3n) is 3.97. The highest BCUT2D eigenvalue weighted by atomic mass is 32.2. The van der Waals surface area contributed by atoms with E-state index in [1.165, 1.54) is 15.3 Å². The van der Waals surface area contributed by atoms with Crippen LogP contribution in [-0.4, -0.2) is 31.6 Å². The van der Waals surface area contributed by atoms with E-state index in [0.717, 1.165) is 30.6 Å². The number of aromatic nitrogens is 1. The molecule has 3 aromatic rings. The third-order valence-corrected chi connectivity index (χ3v) is 7.04. The molecule has 1 unspecified atom stereocenters. The van der Waals surface area contributed by atoms with Crippen molar-refractivity contribution in [2.24, 2.45) is 0 Å². The Morgan fingerprint density at radius 2 is 2.13 bits per heavy atom. The van der Waals surface area contributed by atoms with Gasteiger partial charge in [0.05, 0.1) is 5.52 Å². The second-order valence-corrected chi connectivity index (χ2v) is 8.46. The molecule has 7 heteroatoms. The Kier molecular flexibility index (Phi) is 3.63. The SMILES string of the molecule is O=S(=O)(c1cccs1)n1ccc2c(OC3CCNC3)cccc21. The average molecular weight is 348 g/mol. The average Bonchev–Trinajstić information content (AvgIpc) is 3.29. The monoisotopic (exact) mass is 348 g/mol. The largest absolute Gasteiger partial charge is 0.488 e. The molecule has 0 aliphatic carbocycles. The number of thiophene rings is 1. The number of rotatable bonds is 4. The molecule has 120 valence electrons. The minimum absolute atomic E-state index is 0.137. The van der Waals surface area contributed by atoms with Gasteiger partial charge in [-0.25, -0.2) is 3.97 Å². The molecular formula is C16H16N2O3S2. The van der Waals surface area contributed by atoms with Crippen LogP contribution in [0.25, 0.3) is 10.9 Å². The van der Waals surface area contributed by atoms with E-state index < -0.39 is 10.0 Å². The molecule has 1 aliphatic heterocycles. The van der Waals surface area contributed by atoms with Crippen molar-refractivity contribution < 1.29 is 13.2 Å². The summed E-state index contributed by atoms with van der Waals surface area (Å²) in [5, 5.41) is 5.85. The highest BCUT2D eigenvalue weighted by Crippen LogP contribution is 2.31. The van der Waals surface area contributed by atoms with Crippen LogP contribution < -0.4 is 10.1 Å². The van der Waals surface area contributed by atoms with Gasteiger partial charge in [-0.2, -0.15) is 8.42 Å². The van der Waals surface area contributed by atoms with Crippen LogP contribution in [0.1, 0.15) is 6.42 Å². The summed E-state index contributed by atoms with van der Waals surface area (Å²) in [7, 11) is -3.56. The van der Waals surface area contributed by atoms with Gasteiger partial charge in [0.1, 0.15) is 16.1 Å². The number of nitrogens with one attached hydrogen (secondary N) is 1. The molecule has 1 aliphatic rings. The molecule has 0 spiro atoms. The zero-order valence-electron chi connectivity index (χ0n) is 12.3. The summed E-state index contributed by atoms with van der Waals surface area (Å²) < 4.78 is 33.2. The van der Waals surface area contributed by atoms with E-state index in [9.17, 15) is 8.42 Å². The van der Waals surface area contributed by atoms with Crippen molar-refractivity contribution in [1.29, 1.82) is 0 Å². The fourth-order valence-electron chi connectivity index (χ4n) is 2.84. The molecule has 0 amide bonds. The van der Waals surface area contributed by atoms with Crippen molar-refractivity contribution in [3.63, 3.8) is 0 Å². The lowest BCUT2D eigenvalue weighted by Gasteiger charge is -2.13. The molecule has 1 atom stereocenters. The summed E-state index contributed by atoms with van der Waals surface area (Å²) in [4.78, 5) is 0. The summed E-state index contributed by atoms with van der Waals surface area (Å²) in [5.74, 6) is 0.733. The van der Waals surface area contributed by atoms with Crippen LogP contribution in [0.15, 0.2) is 52.2 Å². The standard InChI is InChI=1S/C16H16N2O3S2/c19-23(20,16-5-2-10-22-16)18-9-7-13-14(18)3-1-4-15(13)21-12-6-8-17-11-12/h1-5,7,9-10,12,17H,6,8,11H2. The quantitative estimate of drug-likeness (QED) is 0.787. The van der Waals surface area contributed by atoms with Crippen molar-refractivity contribution in [2.75, 3.05) is 13.1 Å². The van der Waals surface area contributed by atoms with Crippen molar-refractivity contribution >= 4 is 32.3 Å². The molecule has 1 saturated heterocycles. The molecule has 5 nitrogen and oxygen atoms in total. The normalized spacial score (nSPS) is 18.5. The van der Waals surface area contributed by atoms with E-state index in [0.29, 0.717) is 9.73 Å². The van der Waals surface area contributed by atoms with Gasteiger partial charge in [0.15, 0.2) is 0 Å². The highest BCUT2D eigenvalue weighted by Gasteiger charge is 2.22. The van der Waals surface area contributed by atoms with Crippen LogP contribution in [0.4, 0.5) is 0 Å². The molecule has 1 fully saturated rings. The molecule has 3 heterocycles. The molecule has 0 saturated carbocycles. The Morgan fingerprint density at radius 1 is 1.22 bits per heavy atom. The first-order chi connectivity index (χ1) is 11.2. The van der Waals surface area contributed by atoms with Gasteiger partial charge in [-0.1, -0.05) is 12.1 Å². The Hall–Kier alpha value is -1.83. The lowest BCUT2D eigenvalue weighted by molar-refractivity contribution is 0.226. The van der Waals surface area contributed by atoms with Crippen LogP contribution in [0, 0.1) is 0 Å². The lowest BCUT2D eigenvalue weighted by atomic mass is 10.2. The number of hydrogen-bond acceptors (Lipinski definition) is 5. The molecular weight excluding hydrogens is 332 g/mol. The fraction of sp³-hybridized carbons (Fsp3) is 0.250. The lowest BCUT2D eigenvalue weighted by Crippen LogP contribution is -2.19. The first kappa shape index (κ1) is 14.7. The van der Waals surface area contributed by atoms with Crippen LogP contribution in [0.2, 0.25) is 0 Å². The molecule has 23 heavy (non-hydrogen) atoms. The van der Waals surface area contributed by atoms with Crippen molar-refractivity contribution in [1.82, 2.24) is 9.29 Å². The van der Waals surface area contributed by atoms with Gasteiger partial charge >= 0.3 is 0 Å². The minimum Gasteiger partial charge on any atom is -0.488 e. The molecule has 0 bridgehead atoms. The van der Waals surface area contributed by atoms with E-state index in [-0.39, 0.29) is 6.10 Å². The predicted molar refractivity (Wildman–Crippen MR) is 90.7 cm³/mol. The maximum Gasteiger partial charge on any atom is 0.277 e. The zero-order valence-corrected chi connectivity index (χ0v) is 13.9. The van der Waals surface area contributed by atoms with E-state index >= 15 is 0 Å². The molecule has 4 rings (SSSR count). The van der Waals surface area contributed by atoms with Crippen LogP contribution in [-0.2, 0) is 10.0 Å². The Labute approximate surface area is 138 Å². The first-order valence-electron chi connectivity index (χ1n) is 7.43. The third kappa shape index (κ3) is 2.54. The van der Waals surface area contributed by atoms with Gasteiger partial charge in [0.2, 0.25) is 0 Å². The maximum absolute atomic E-state index is 12.7. The Morgan fingerprint density at radius 3 is 2.87 bits per heavy atom. The van der Waals surface area contributed by atoms with Gasteiger partial charge in [-0.05, 0) is 42.6 Å². The Bertz CT molecular complexity index is 924. The number of hydrogen-bond donors (Lipinski definition) is 1. The van der Waals surface area contributed by atoms with E-state index in [2.05, 4.69) is 5.32 Å². The van der Waals surface area contributed by atoms with E-state index in [1.807, 2.05) is 12.1 Å². The second-order valence-electron chi connectivity index (χ2n) is 5.47. The first-order valence-corrected chi connectivity index (χ1v) is 9.75. The smallest absolute Gasteiger partial charge is 0.277 e. The maximum atomic E-state index is 12.7. The van der Waals surface area contributed by atoms with Gasteiger partial charge < -0.3 is 10.1 Å². The van der Waals surface area contributed by atoms with Gasteiger partial charge in [0.25, 0.3) is 10.0 Å². The van der Waals surface area contributed by atoms with Gasteiger partial charge in [-0.15, -0.1) is 11.3 Å². The molecule has 0 radical (unpaired) electrons. The van der Waals surface area contributed by atoms with Crippen molar-refractivity contribution in [2.45, 2.75) is 16.7 Å². The topological polar surface area (TPSA) is 60.3 Å². The minimum atomic E-state index is -3.56. The summed E-state index contributed by atoms with van der Waals surface area (Å²) in [6.07, 6.45) is 2.70. The molecule has 1 N–H and O–H groups in total. The second kappa shape index (κ2) is 5.67. The van der Waals surface area contributed by atoms with Crippen LogP contribution in [0.5, 0.6) is 5.75 Å². The van der Waals surface area contributed by atoms with E-state index in [1.54, 1.807) is 35.8 Å².